The number of carbonyl (C=O) groups excluding carboxylic acids is 1. The molecule has 188 valence electrons. The quantitative estimate of drug-likeness (QED) is 0.336. The van der Waals surface area contributed by atoms with Gasteiger partial charge in [-0.1, -0.05) is 70.2 Å². The van der Waals surface area contributed by atoms with Gasteiger partial charge in [-0.05, 0) is 59.0 Å². The lowest BCUT2D eigenvalue weighted by Gasteiger charge is -2.27. The van der Waals surface area contributed by atoms with E-state index >= 15 is 0 Å². The number of aryl methyl sites for hydroxylation is 1. The summed E-state index contributed by atoms with van der Waals surface area (Å²) in [5.74, 6) is -0.204. The molecule has 0 radical (unpaired) electrons. The summed E-state index contributed by atoms with van der Waals surface area (Å²) in [6.45, 7) is 11.2. The van der Waals surface area contributed by atoms with Crippen molar-refractivity contribution in [1.29, 1.82) is 0 Å². The van der Waals surface area contributed by atoms with Crippen molar-refractivity contribution in [3.8, 4) is 0 Å². The van der Waals surface area contributed by atoms with Gasteiger partial charge in [0.15, 0.2) is 0 Å². The topological polar surface area (TPSA) is 57.7 Å². The van der Waals surface area contributed by atoms with E-state index in [1.54, 1.807) is 28.4 Å². The second kappa shape index (κ2) is 11.5. The molecule has 0 saturated heterocycles. The molecule has 3 rings (SSSR count). The van der Waals surface area contributed by atoms with Gasteiger partial charge in [-0.3, -0.25) is 4.79 Å². The fourth-order valence-electron chi connectivity index (χ4n) is 3.84. The van der Waals surface area contributed by atoms with E-state index < -0.39 is 10.0 Å². The van der Waals surface area contributed by atoms with Gasteiger partial charge in [-0.2, -0.15) is 4.31 Å². The van der Waals surface area contributed by atoms with E-state index in [0.717, 1.165) is 21.6 Å². The molecule has 35 heavy (non-hydrogen) atoms. The minimum absolute atomic E-state index is 0.0702. The largest absolute Gasteiger partial charge is 0.332 e. The predicted molar refractivity (Wildman–Crippen MR) is 144 cm³/mol. The van der Waals surface area contributed by atoms with Crippen molar-refractivity contribution < 1.29 is 13.2 Å². The molecule has 2 aromatic carbocycles. The maximum absolute atomic E-state index is 13.6. The summed E-state index contributed by atoms with van der Waals surface area (Å²) in [5.41, 5.74) is 3.14. The highest BCUT2D eigenvalue weighted by atomic mass is 32.2. The summed E-state index contributed by atoms with van der Waals surface area (Å²) in [4.78, 5) is 16.6. The average Bonchev–Trinajstić information content (AvgIpc) is 3.22. The Bertz CT molecular complexity index is 1210. The van der Waals surface area contributed by atoms with Crippen LogP contribution in [0, 0.1) is 6.92 Å². The third kappa shape index (κ3) is 7.03. The number of rotatable bonds is 10. The Morgan fingerprint density at radius 1 is 0.943 bits per heavy atom. The highest BCUT2D eigenvalue weighted by Crippen LogP contribution is 2.25. The van der Waals surface area contributed by atoms with Crippen molar-refractivity contribution in [2.45, 2.75) is 64.4 Å². The van der Waals surface area contributed by atoms with E-state index in [0.29, 0.717) is 19.5 Å². The molecular formula is C28H36N2O3S2. The minimum Gasteiger partial charge on any atom is -0.332 e. The molecule has 0 fully saturated rings. The Kier molecular flexibility index (Phi) is 8.91. The summed E-state index contributed by atoms with van der Waals surface area (Å²) in [7, 11) is -3.81. The molecule has 0 N–H and O–H groups in total. The lowest BCUT2D eigenvalue weighted by atomic mass is 9.87. The molecule has 7 heteroatoms. The van der Waals surface area contributed by atoms with Crippen LogP contribution in [0.5, 0.6) is 0 Å². The van der Waals surface area contributed by atoms with E-state index in [9.17, 15) is 13.2 Å². The molecule has 0 bridgehead atoms. The van der Waals surface area contributed by atoms with Crippen molar-refractivity contribution >= 4 is 27.3 Å². The van der Waals surface area contributed by atoms with E-state index in [-0.39, 0.29) is 29.3 Å². The average molecular weight is 513 g/mol. The van der Waals surface area contributed by atoms with Crippen LogP contribution in [0.3, 0.4) is 0 Å². The summed E-state index contributed by atoms with van der Waals surface area (Å²) in [5, 5.41) is 2.02. The first-order chi connectivity index (χ1) is 16.5. The predicted octanol–water partition coefficient (Wildman–Crippen LogP) is 5.98. The fourth-order valence-corrected chi connectivity index (χ4v) is 6.24. The van der Waals surface area contributed by atoms with E-state index in [1.165, 1.54) is 4.31 Å². The number of carbonyl (C=O) groups is 1. The molecule has 0 spiro atoms. The van der Waals surface area contributed by atoms with Crippen molar-refractivity contribution in [2.24, 2.45) is 0 Å². The lowest BCUT2D eigenvalue weighted by Crippen LogP contribution is -2.42. The summed E-state index contributed by atoms with van der Waals surface area (Å²) in [6, 6.07) is 18.9. The minimum atomic E-state index is -3.81. The smallest absolute Gasteiger partial charge is 0.243 e. The maximum atomic E-state index is 13.6. The number of benzene rings is 2. The van der Waals surface area contributed by atoms with Crippen LogP contribution < -0.4 is 0 Å². The molecular weight excluding hydrogens is 476 g/mol. The van der Waals surface area contributed by atoms with Crippen LogP contribution in [0.15, 0.2) is 70.9 Å². The second-order valence-electron chi connectivity index (χ2n) is 9.88. The highest BCUT2D eigenvalue weighted by Gasteiger charge is 2.29. The number of hydrogen-bond acceptors (Lipinski definition) is 4. The molecule has 1 aromatic heterocycles. The van der Waals surface area contributed by atoms with Crippen LogP contribution in [-0.4, -0.2) is 36.6 Å². The molecule has 0 aliphatic rings. The Labute approximate surface area is 214 Å². The van der Waals surface area contributed by atoms with Gasteiger partial charge in [-0.15, -0.1) is 11.3 Å². The third-order valence-corrected chi connectivity index (χ3v) is 8.88. The van der Waals surface area contributed by atoms with E-state index in [4.69, 9.17) is 0 Å². The first kappa shape index (κ1) is 27.1. The summed E-state index contributed by atoms with van der Waals surface area (Å²) in [6.07, 6.45) is 0.620. The Morgan fingerprint density at radius 2 is 1.60 bits per heavy atom. The molecule has 0 aliphatic carbocycles. The Morgan fingerprint density at radius 3 is 2.14 bits per heavy atom. The molecule has 3 aromatic rings. The molecule has 0 aliphatic heterocycles. The third-order valence-electron chi connectivity index (χ3n) is 6.01. The molecule has 0 atom stereocenters. The maximum Gasteiger partial charge on any atom is 0.243 e. The molecule has 1 heterocycles. The van der Waals surface area contributed by atoms with Gasteiger partial charge in [0.05, 0.1) is 18.0 Å². The zero-order chi connectivity index (χ0) is 25.6. The first-order valence-corrected chi connectivity index (χ1v) is 14.3. The summed E-state index contributed by atoms with van der Waals surface area (Å²) >= 11 is 1.61. The normalized spacial score (nSPS) is 12.2. The zero-order valence-corrected chi connectivity index (χ0v) is 23.0. The standard InChI is InChI=1S/C28H36N2O3S2/c1-6-17-30(35(32,33)25-14-12-24(13-15-25)28(3,4)5)21-27(31)29(19-23-10-8-7-9-11-23)20-26-22(2)16-18-34-26/h7-16,18H,6,17,19-21H2,1-5H3. The second-order valence-corrected chi connectivity index (χ2v) is 12.8. The molecule has 1 amide bonds. The Hall–Kier alpha value is -2.48. The number of nitrogens with zero attached hydrogens (tertiary/aromatic N) is 2. The first-order valence-electron chi connectivity index (χ1n) is 12.0. The van der Waals surface area contributed by atoms with Gasteiger partial charge in [0.1, 0.15) is 0 Å². The highest BCUT2D eigenvalue weighted by molar-refractivity contribution is 7.89. The van der Waals surface area contributed by atoms with Gasteiger partial charge >= 0.3 is 0 Å². The summed E-state index contributed by atoms with van der Waals surface area (Å²) < 4.78 is 28.4. The molecule has 0 unspecified atom stereocenters. The van der Waals surface area contributed by atoms with Crippen LogP contribution in [-0.2, 0) is 33.3 Å². The SMILES string of the molecule is CCCN(CC(=O)N(Cc1ccccc1)Cc1sccc1C)S(=O)(=O)c1ccc(C(C)(C)C)cc1. The molecule has 0 saturated carbocycles. The zero-order valence-electron chi connectivity index (χ0n) is 21.3. The van der Waals surface area contributed by atoms with Gasteiger partial charge in [0.2, 0.25) is 15.9 Å². The monoisotopic (exact) mass is 512 g/mol. The van der Waals surface area contributed by atoms with Crippen LogP contribution in [0.4, 0.5) is 0 Å². The molecule has 5 nitrogen and oxygen atoms in total. The van der Waals surface area contributed by atoms with E-state index in [1.807, 2.05) is 67.8 Å². The van der Waals surface area contributed by atoms with Crippen molar-refractivity contribution in [3.05, 3.63) is 87.6 Å². The van der Waals surface area contributed by atoms with Crippen molar-refractivity contribution in [1.82, 2.24) is 9.21 Å². The van der Waals surface area contributed by atoms with Gasteiger partial charge < -0.3 is 4.90 Å². The van der Waals surface area contributed by atoms with Crippen LogP contribution >= 0.6 is 11.3 Å². The van der Waals surface area contributed by atoms with Crippen LogP contribution in [0.25, 0.3) is 0 Å². The fraction of sp³-hybridized carbons (Fsp3) is 0.393. The lowest BCUT2D eigenvalue weighted by molar-refractivity contribution is -0.132. The van der Waals surface area contributed by atoms with Crippen LogP contribution in [0.2, 0.25) is 0 Å². The van der Waals surface area contributed by atoms with Gasteiger partial charge in [-0.25, -0.2) is 8.42 Å². The number of thiophene rings is 1. The van der Waals surface area contributed by atoms with Gasteiger partial charge in [0.25, 0.3) is 0 Å². The number of hydrogen-bond donors (Lipinski definition) is 0. The van der Waals surface area contributed by atoms with Crippen LogP contribution in [0.1, 0.15) is 55.7 Å². The Balaban J connectivity index is 1.86. The van der Waals surface area contributed by atoms with Gasteiger partial charge in [0, 0.05) is 18.0 Å². The van der Waals surface area contributed by atoms with Crippen molar-refractivity contribution in [2.75, 3.05) is 13.1 Å². The number of sulfonamides is 1. The van der Waals surface area contributed by atoms with E-state index in [2.05, 4.69) is 20.8 Å². The number of amides is 1. The van der Waals surface area contributed by atoms with Crippen molar-refractivity contribution in [3.63, 3.8) is 0 Å².